The van der Waals surface area contributed by atoms with Crippen molar-refractivity contribution in [1.29, 1.82) is 0 Å². The molecule has 2 rings (SSSR count). The molecular weight excluding hydrogens is 238 g/mol. The van der Waals surface area contributed by atoms with Gasteiger partial charge in [0.15, 0.2) is 0 Å². The highest BCUT2D eigenvalue weighted by atomic mass is 15.2. The molecule has 0 saturated heterocycles. The minimum absolute atomic E-state index is 0.674. The number of nitrogens with zero attached hydrogens (tertiary/aromatic N) is 4. The highest BCUT2D eigenvalue weighted by Crippen LogP contribution is 2.11. The summed E-state index contributed by atoms with van der Waals surface area (Å²) < 4.78 is 0. The van der Waals surface area contributed by atoms with Crippen LogP contribution in [0.3, 0.4) is 0 Å². The van der Waals surface area contributed by atoms with Crippen LogP contribution in [-0.2, 0) is 13.0 Å². The normalized spacial score (nSPS) is 10.3. The van der Waals surface area contributed by atoms with Crippen LogP contribution in [0.1, 0.15) is 18.2 Å². The van der Waals surface area contributed by atoms with E-state index in [9.17, 15) is 0 Å². The van der Waals surface area contributed by atoms with Gasteiger partial charge >= 0.3 is 0 Å². The van der Waals surface area contributed by atoms with Crippen LogP contribution in [0.25, 0.3) is 0 Å². The van der Waals surface area contributed by atoms with Gasteiger partial charge in [-0.05, 0) is 24.1 Å². The van der Waals surface area contributed by atoms with Crippen molar-refractivity contribution in [2.24, 2.45) is 0 Å². The molecule has 1 N–H and O–H groups in total. The Labute approximate surface area is 113 Å². The number of hydrogen-bond acceptors (Lipinski definition) is 5. The Bertz CT molecular complexity index is 539. The summed E-state index contributed by atoms with van der Waals surface area (Å²) in [6.45, 7) is 2.81. The van der Waals surface area contributed by atoms with Gasteiger partial charge in [-0.25, -0.2) is 4.98 Å². The Morgan fingerprint density at radius 2 is 2.00 bits per heavy atom. The lowest BCUT2D eigenvalue weighted by molar-refractivity contribution is 0.949. The zero-order valence-electron chi connectivity index (χ0n) is 11.6. The van der Waals surface area contributed by atoms with Crippen molar-refractivity contribution in [2.75, 3.05) is 24.3 Å². The third kappa shape index (κ3) is 3.40. The zero-order valence-corrected chi connectivity index (χ0v) is 11.6. The lowest BCUT2D eigenvalue weighted by Crippen LogP contribution is -2.14. The van der Waals surface area contributed by atoms with Crippen molar-refractivity contribution in [2.45, 2.75) is 19.9 Å². The Balaban J connectivity index is 2.08. The molecule has 2 aromatic rings. The van der Waals surface area contributed by atoms with E-state index >= 15 is 0 Å². The van der Waals surface area contributed by atoms with E-state index < -0.39 is 0 Å². The number of anilines is 2. The van der Waals surface area contributed by atoms with E-state index in [2.05, 4.69) is 33.3 Å². The molecule has 0 amide bonds. The summed E-state index contributed by atoms with van der Waals surface area (Å²) in [6, 6.07) is 5.94. The predicted octanol–water partition coefficient (Wildman–Crippen LogP) is 2.11. The van der Waals surface area contributed by atoms with E-state index in [4.69, 9.17) is 0 Å². The molecule has 0 radical (unpaired) electrons. The lowest BCUT2D eigenvalue weighted by Gasteiger charge is -2.12. The minimum Gasteiger partial charge on any atom is -0.364 e. The molecule has 2 aromatic heterocycles. The summed E-state index contributed by atoms with van der Waals surface area (Å²) in [4.78, 5) is 14.9. The third-order valence-electron chi connectivity index (χ3n) is 2.85. The summed E-state index contributed by atoms with van der Waals surface area (Å²) in [5.74, 6) is 1.51. The molecule has 5 nitrogen and oxygen atoms in total. The van der Waals surface area contributed by atoms with Crippen molar-refractivity contribution in [3.8, 4) is 0 Å². The van der Waals surface area contributed by atoms with Crippen molar-refractivity contribution < 1.29 is 0 Å². The fourth-order valence-corrected chi connectivity index (χ4v) is 1.79. The number of pyridine rings is 1. The van der Waals surface area contributed by atoms with Crippen LogP contribution in [0.15, 0.2) is 30.6 Å². The van der Waals surface area contributed by atoms with Gasteiger partial charge in [-0.3, -0.25) is 4.98 Å². The second-order valence-corrected chi connectivity index (χ2v) is 4.45. The van der Waals surface area contributed by atoms with Crippen LogP contribution in [0, 0.1) is 0 Å². The van der Waals surface area contributed by atoms with E-state index in [-0.39, 0.29) is 0 Å². The molecule has 0 saturated carbocycles. The van der Waals surface area contributed by atoms with E-state index in [0.717, 1.165) is 17.9 Å². The van der Waals surface area contributed by atoms with Crippen molar-refractivity contribution >= 4 is 11.8 Å². The number of rotatable bonds is 5. The molecule has 100 valence electrons. The second-order valence-electron chi connectivity index (χ2n) is 4.45. The van der Waals surface area contributed by atoms with Gasteiger partial charge < -0.3 is 10.2 Å². The fraction of sp³-hybridized carbons (Fsp3) is 0.357. The molecule has 0 aliphatic carbocycles. The van der Waals surface area contributed by atoms with Crippen LogP contribution >= 0.6 is 0 Å². The number of hydrogen-bond donors (Lipinski definition) is 1. The Kier molecular flexibility index (Phi) is 4.28. The van der Waals surface area contributed by atoms with Gasteiger partial charge in [0.2, 0.25) is 5.95 Å². The number of nitrogens with one attached hydrogen (secondary N) is 1. The molecule has 0 aliphatic rings. The summed E-state index contributed by atoms with van der Waals surface area (Å²) in [6.07, 6.45) is 4.56. The summed E-state index contributed by atoms with van der Waals surface area (Å²) >= 11 is 0. The minimum atomic E-state index is 0.674. The van der Waals surface area contributed by atoms with E-state index in [0.29, 0.717) is 12.5 Å². The summed E-state index contributed by atoms with van der Waals surface area (Å²) in [5, 5.41) is 3.29. The SMILES string of the molecule is CCc1cccnc1CNc1ccnc(N(C)C)n1. The van der Waals surface area contributed by atoms with E-state index in [1.807, 2.05) is 37.3 Å². The molecule has 0 unspecified atom stereocenters. The molecule has 5 heteroatoms. The van der Waals surface area contributed by atoms with Gasteiger partial charge in [0, 0.05) is 26.5 Å². The average Bonchev–Trinajstić information content (AvgIpc) is 2.45. The molecule has 0 bridgehead atoms. The summed E-state index contributed by atoms with van der Waals surface area (Å²) in [5.41, 5.74) is 2.33. The maximum Gasteiger partial charge on any atom is 0.226 e. The van der Waals surface area contributed by atoms with Gasteiger partial charge in [-0.2, -0.15) is 4.98 Å². The maximum absolute atomic E-state index is 4.42. The summed E-state index contributed by atoms with van der Waals surface area (Å²) in [7, 11) is 3.85. The van der Waals surface area contributed by atoms with Gasteiger partial charge in [0.25, 0.3) is 0 Å². The molecular formula is C14H19N5. The first-order chi connectivity index (χ1) is 9.20. The topological polar surface area (TPSA) is 53.9 Å². The standard InChI is InChI=1S/C14H19N5/c1-4-11-6-5-8-15-12(11)10-17-13-7-9-16-14(18-13)19(2)3/h5-9H,4,10H2,1-3H3,(H,16,17,18). The monoisotopic (exact) mass is 257 g/mol. The van der Waals surface area contributed by atoms with Crippen LogP contribution < -0.4 is 10.2 Å². The first-order valence-electron chi connectivity index (χ1n) is 6.37. The quantitative estimate of drug-likeness (QED) is 0.889. The number of aromatic nitrogens is 3. The highest BCUT2D eigenvalue weighted by Gasteiger charge is 2.03. The molecule has 0 atom stereocenters. The van der Waals surface area contributed by atoms with Gasteiger partial charge in [0.05, 0.1) is 12.2 Å². The Morgan fingerprint density at radius 3 is 2.74 bits per heavy atom. The molecule has 2 heterocycles. The van der Waals surface area contributed by atoms with Crippen LogP contribution in [0.2, 0.25) is 0 Å². The third-order valence-corrected chi connectivity index (χ3v) is 2.85. The zero-order chi connectivity index (χ0) is 13.7. The van der Waals surface area contributed by atoms with Gasteiger partial charge in [-0.1, -0.05) is 13.0 Å². The highest BCUT2D eigenvalue weighted by molar-refractivity contribution is 5.41. The van der Waals surface area contributed by atoms with Crippen LogP contribution in [0.4, 0.5) is 11.8 Å². The first-order valence-corrected chi connectivity index (χ1v) is 6.37. The largest absolute Gasteiger partial charge is 0.364 e. The van der Waals surface area contributed by atoms with Gasteiger partial charge in [-0.15, -0.1) is 0 Å². The average molecular weight is 257 g/mol. The first kappa shape index (κ1) is 13.3. The molecule has 0 fully saturated rings. The molecule has 0 aromatic carbocycles. The van der Waals surface area contributed by atoms with Crippen molar-refractivity contribution in [3.05, 3.63) is 41.9 Å². The Morgan fingerprint density at radius 1 is 1.16 bits per heavy atom. The molecule has 19 heavy (non-hydrogen) atoms. The fourth-order valence-electron chi connectivity index (χ4n) is 1.79. The smallest absolute Gasteiger partial charge is 0.226 e. The van der Waals surface area contributed by atoms with Crippen LogP contribution in [-0.4, -0.2) is 29.0 Å². The van der Waals surface area contributed by atoms with E-state index in [1.54, 1.807) is 6.20 Å². The van der Waals surface area contributed by atoms with E-state index in [1.165, 1.54) is 5.56 Å². The second kappa shape index (κ2) is 6.13. The molecule has 0 aliphatic heterocycles. The number of aryl methyl sites for hydroxylation is 1. The maximum atomic E-state index is 4.42. The van der Waals surface area contributed by atoms with Crippen molar-refractivity contribution in [3.63, 3.8) is 0 Å². The lowest BCUT2D eigenvalue weighted by atomic mass is 10.1. The predicted molar refractivity (Wildman–Crippen MR) is 77.3 cm³/mol. The molecule has 0 spiro atoms. The van der Waals surface area contributed by atoms with Crippen LogP contribution in [0.5, 0.6) is 0 Å². The van der Waals surface area contributed by atoms with Gasteiger partial charge in [0.1, 0.15) is 5.82 Å². The Hall–Kier alpha value is -2.17. The van der Waals surface area contributed by atoms with Crippen molar-refractivity contribution in [1.82, 2.24) is 15.0 Å².